The maximum atomic E-state index is 11.9. The SMILES string of the molecule is CS(=O)(=O)Nc1ccccc1N1CC(C(=O)O)CC1=O. The van der Waals surface area contributed by atoms with Gasteiger partial charge in [0.05, 0.1) is 23.5 Å². The van der Waals surface area contributed by atoms with Crippen molar-refractivity contribution in [1.29, 1.82) is 0 Å². The molecule has 2 N–H and O–H groups in total. The van der Waals surface area contributed by atoms with Crippen molar-refractivity contribution in [2.45, 2.75) is 6.42 Å². The van der Waals surface area contributed by atoms with Crippen LogP contribution in [0.5, 0.6) is 0 Å². The van der Waals surface area contributed by atoms with Crippen LogP contribution >= 0.6 is 0 Å². The summed E-state index contributed by atoms with van der Waals surface area (Å²) < 4.78 is 24.9. The molecule has 1 heterocycles. The summed E-state index contributed by atoms with van der Waals surface area (Å²) in [6, 6.07) is 6.39. The molecule has 1 aromatic carbocycles. The Morgan fingerprint density at radius 2 is 2.05 bits per heavy atom. The van der Waals surface area contributed by atoms with E-state index in [0.29, 0.717) is 5.69 Å². The molecule has 1 unspecified atom stereocenters. The van der Waals surface area contributed by atoms with E-state index in [0.717, 1.165) is 6.26 Å². The minimum absolute atomic E-state index is 0.0383. The van der Waals surface area contributed by atoms with Gasteiger partial charge in [-0.1, -0.05) is 12.1 Å². The molecule has 0 spiro atoms. The third kappa shape index (κ3) is 3.08. The van der Waals surface area contributed by atoms with Crippen LogP contribution in [0, 0.1) is 5.92 Å². The van der Waals surface area contributed by atoms with E-state index in [1.165, 1.54) is 11.0 Å². The molecule has 1 aliphatic heterocycles. The third-order valence-corrected chi connectivity index (χ3v) is 3.56. The number of amides is 1. The number of benzene rings is 1. The second-order valence-electron chi connectivity index (χ2n) is 4.64. The maximum Gasteiger partial charge on any atom is 0.308 e. The molecule has 108 valence electrons. The fourth-order valence-electron chi connectivity index (χ4n) is 2.10. The highest BCUT2D eigenvalue weighted by Crippen LogP contribution is 2.31. The van der Waals surface area contributed by atoms with Crippen LogP contribution < -0.4 is 9.62 Å². The van der Waals surface area contributed by atoms with E-state index in [-0.39, 0.29) is 24.6 Å². The number of nitrogens with one attached hydrogen (secondary N) is 1. The summed E-state index contributed by atoms with van der Waals surface area (Å²) in [7, 11) is -3.48. The lowest BCUT2D eigenvalue weighted by Gasteiger charge is -2.20. The summed E-state index contributed by atoms with van der Waals surface area (Å²) in [6.45, 7) is 0.0383. The number of nitrogens with zero attached hydrogens (tertiary/aromatic N) is 1. The fraction of sp³-hybridized carbons (Fsp3) is 0.333. The lowest BCUT2D eigenvalue weighted by atomic mass is 10.1. The average molecular weight is 298 g/mol. The number of carbonyl (C=O) groups excluding carboxylic acids is 1. The van der Waals surface area contributed by atoms with Gasteiger partial charge in [-0.05, 0) is 12.1 Å². The maximum absolute atomic E-state index is 11.9. The highest BCUT2D eigenvalue weighted by molar-refractivity contribution is 7.92. The van der Waals surface area contributed by atoms with Gasteiger partial charge in [0.15, 0.2) is 0 Å². The topological polar surface area (TPSA) is 104 Å². The zero-order valence-electron chi connectivity index (χ0n) is 10.7. The molecule has 0 aromatic heterocycles. The first-order chi connectivity index (χ1) is 9.28. The van der Waals surface area contributed by atoms with Gasteiger partial charge in [-0.25, -0.2) is 8.42 Å². The molecule has 1 atom stereocenters. The van der Waals surface area contributed by atoms with Crippen LogP contribution in [0.25, 0.3) is 0 Å². The van der Waals surface area contributed by atoms with Crippen LogP contribution in [0.2, 0.25) is 0 Å². The predicted molar refractivity (Wildman–Crippen MR) is 73.0 cm³/mol. The zero-order chi connectivity index (χ0) is 14.9. The summed E-state index contributed by atoms with van der Waals surface area (Å²) >= 11 is 0. The van der Waals surface area contributed by atoms with E-state index >= 15 is 0 Å². The van der Waals surface area contributed by atoms with Crippen molar-refractivity contribution in [1.82, 2.24) is 0 Å². The van der Waals surface area contributed by atoms with Crippen molar-refractivity contribution >= 4 is 33.3 Å². The summed E-state index contributed by atoms with van der Waals surface area (Å²) in [5, 5.41) is 8.96. The molecule has 2 rings (SSSR count). The normalized spacial score (nSPS) is 19.1. The molecular formula is C12H14N2O5S. The van der Waals surface area contributed by atoms with Gasteiger partial charge in [0.25, 0.3) is 0 Å². The van der Waals surface area contributed by atoms with Crippen molar-refractivity contribution < 1.29 is 23.1 Å². The van der Waals surface area contributed by atoms with Gasteiger partial charge in [0.1, 0.15) is 0 Å². The monoisotopic (exact) mass is 298 g/mol. The largest absolute Gasteiger partial charge is 0.481 e. The van der Waals surface area contributed by atoms with Gasteiger partial charge in [-0.2, -0.15) is 0 Å². The Labute approximate surface area is 116 Å². The molecule has 1 aliphatic rings. The molecule has 1 amide bonds. The molecule has 7 nitrogen and oxygen atoms in total. The Morgan fingerprint density at radius 1 is 1.40 bits per heavy atom. The summed E-state index contributed by atoms with van der Waals surface area (Å²) in [5.74, 6) is -2.14. The standard InChI is InChI=1S/C12H14N2O5S/c1-20(18,19)13-9-4-2-3-5-10(9)14-7-8(12(16)17)6-11(14)15/h2-5,8,13H,6-7H2,1H3,(H,16,17). The second-order valence-corrected chi connectivity index (χ2v) is 6.38. The molecule has 0 bridgehead atoms. The lowest BCUT2D eigenvalue weighted by molar-refractivity contribution is -0.141. The van der Waals surface area contributed by atoms with Gasteiger partial charge in [-0.3, -0.25) is 14.3 Å². The highest BCUT2D eigenvalue weighted by atomic mass is 32.2. The van der Waals surface area contributed by atoms with E-state index in [4.69, 9.17) is 5.11 Å². The Kier molecular flexibility index (Phi) is 3.67. The number of sulfonamides is 1. The molecule has 20 heavy (non-hydrogen) atoms. The van der Waals surface area contributed by atoms with Gasteiger partial charge >= 0.3 is 5.97 Å². The molecule has 0 radical (unpaired) electrons. The number of carbonyl (C=O) groups is 2. The van der Waals surface area contributed by atoms with Crippen LogP contribution in [0.3, 0.4) is 0 Å². The number of rotatable bonds is 4. The van der Waals surface area contributed by atoms with Crippen molar-refractivity contribution in [3.05, 3.63) is 24.3 Å². The Balaban J connectivity index is 2.34. The van der Waals surface area contributed by atoms with Crippen molar-refractivity contribution in [3.63, 3.8) is 0 Å². The van der Waals surface area contributed by atoms with Gasteiger partial charge in [0.2, 0.25) is 15.9 Å². The van der Waals surface area contributed by atoms with Crippen LogP contribution in [-0.2, 0) is 19.6 Å². The molecule has 8 heteroatoms. The number of para-hydroxylation sites is 2. The Bertz CT molecular complexity index is 656. The van der Waals surface area contributed by atoms with E-state index in [1.807, 2.05) is 0 Å². The summed E-state index contributed by atoms with van der Waals surface area (Å²) in [5.41, 5.74) is 0.626. The number of carboxylic acids is 1. The van der Waals surface area contributed by atoms with Crippen LogP contribution in [0.1, 0.15) is 6.42 Å². The first-order valence-electron chi connectivity index (χ1n) is 5.88. The van der Waals surface area contributed by atoms with Gasteiger partial charge < -0.3 is 10.0 Å². The Morgan fingerprint density at radius 3 is 2.60 bits per heavy atom. The molecule has 1 saturated heterocycles. The molecular weight excluding hydrogens is 284 g/mol. The second kappa shape index (κ2) is 5.12. The summed E-state index contributed by atoms with van der Waals surface area (Å²) in [6.07, 6.45) is 0.929. The van der Waals surface area contributed by atoms with Crippen LogP contribution in [0.15, 0.2) is 24.3 Å². The quantitative estimate of drug-likeness (QED) is 0.842. The van der Waals surface area contributed by atoms with E-state index in [9.17, 15) is 18.0 Å². The minimum Gasteiger partial charge on any atom is -0.481 e. The van der Waals surface area contributed by atoms with Crippen molar-refractivity contribution in [2.24, 2.45) is 5.92 Å². The third-order valence-electron chi connectivity index (χ3n) is 2.96. The van der Waals surface area contributed by atoms with Gasteiger partial charge in [0, 0.05) is 13.0 Å². The minimum atomic E-state index is -3.48. The van der Waals surface area contributed by atoms with Gasteiger partial charge in [-0.15, -0.1) is 0 Å². The fourth-order valence-corrected chi connectivity index (χ4v) is 2.67. The number of aliphatic carboxylic acids is 1. The molecule has 0 saturated carbocycles. The first-order valence-corrected chi connectivity index (χ1v) is 7.77. The average Bonchev–Trinajstić information content (AvgIpc) is 2.70. The lowest BCUT2D eigenvalue weighted by Crippen LogP contribution is -2.27. The first kappa shape index (κ1) is 14.3. The van der Waals surface area contributed by atoms with Crippen LogP contribution in [-0.4, -0.2) is 38.2 Å². The van der Waals surface area contributed by atoms with E-state index in [1.54, 1.807) is 18.2 Å². The number of hydrogen-bond acceptors (Lipinski definition) is 4. The van der Waals surface area contributed by atoms with E-state index < -0.39 is 21.9 Å². The van der Waals surface area contributed by atoms with Crippen molar-refractivity contribution in [2.75, 3.05) is 22.4 Å². The molecule has 1 aromatic rings. The van der Waals surface area contributed by atoms with Crippen LogP contribution in [0.4, 0.5) is 11.4 Å². The predicted octanol–water partition coefficient (Wildman–Crippen LogP) is 0.496. The number of carboxylic acid groups (broad SMARTS) is 1. The molecule has 1 fully saturated rings. The smallest absolute Gasteiger partial charge is 0.308 e. The summed E-state index contributed by atoms with van der Waals surface area (Å²) in [4.78, 5) is 24.1. The number of anilines is 2. The van der Waals surface area contributed by atoms with Crippen molar-refractivity contribution in [3.8, 4) is 0 Å². The highest BCUT2D eigenvalue weighted by Gasteiger charge is 2.36. The zero-order valence-corrected chi connectivity index (χ0v) is 11.6. The number of hydrogen-bond donors (Lipinski definition) is 2. The van der Waals surface area contributed by atoms with E-state index in [2.05, 4.69) is 4.72 Å². The molecule has 0 aliphatic carbocycles. The Hall–Kier alpha value is -2.09.